The van der Waals surface area contributed by atoms with Gasteiger partial charge in [0, 0.05) is 12.0 Å². The summed E-state index contributed by atoms with van der Waals surface area (Å²) in [6.45, 7) is 4.29. The number of rotatable bonds is 2. The molecule has 0 radical (unpaired) electrons. The van der Waals surface area contributed by atoms with E-state index in [1.54, 1.807) is 0 Å². The Morgan fingerprint density at radius 2 is 2.22 bits per heavy atom. The zero-order valence-electron chi connectivity index (χ0n) is 10.1. The van der Waals surface area contributed by atoms with Gasteiger partial charge in [0.05, 0.1) is 16.6 Å². The second kappa shape index (κ2) is 3.31. The molecule has 1 fully saturated rings. The van der Waals surface area contributed by atoms with E-state index in [0.717, 1.165) is 12.2 Å². The summed E-state index contributed by atoms with van der Waals surface area (Å²) in [5, 5.41) is 8.86. The molecule has 0 amide bonds. The van der Waals surface area contributed by atoms with Crippen LogP contribution in [0.1, 0.15) is 42.4 Å². The van der Waals surface area contributed by atoms with Gasteiger partial charge in [0.25, 0.3) is 0 Å². The number of carbonyl (C=O) groups is 1. The smallest absolute Gasteiger partial charge is 0.338 e. The Balaban J connectivity index is 2.10. The second-order valence-electron chi connectivity index (χ2n) is 5.52. The molecule has 1 unspecified atom stereocenters. The quantitative estimate of drug-likeness (QED) is 0.858. The number of aromatic nitrogens is 2. The predicted molar refractivity (Wildman–Crippen MR) is 64.2 cm³/mol. The van der Waals surface area contributed by atoms with Crippen molar-refractivity contribution >= 4 is 17.0 Å². The van der Waals surface area contributed by atoms with Crippen molar-refractivity contribution in [1.29, 1.82) is 0 Å². The van der Waals surface area contributed by atoms with E-state index < -0.39 is 11.8 Å². The number of hydrogen-bond acceptors (Lipinski definition) is 2. The van der Waals surface area contributed by atoms with E-state index in [0.29, 0.717) is 17.0 Å². The van der Waals surface area contributed by atoms with Crippen LogP contribution in [0.5, 0.6) is 0 Å². The number of nitrogens with zero attached hydrogens (tertiary/aromatic N) is 1. The minimum absolute atomic E-state index is 0.224. The van der Waals surface area contributed by atoms with Crippen molar-refractivity contribution in [3.05, 3.63) is 29.3 Å². The van der Waals surface area contributed by atoms with Crippen LogP contribution in [0.25, 0.3) is 11.0 Å². The highest BCUT2D eigenvalue weighted by Gasteiger charge is 2.48. The average molecular weight is 248 g/mol. The van der Waals surface area contributed by atoms with Crippen LogP contribution in [0.3, 0.4) is 0 Å². The van der Waals surface area contributed by atoms with Crippen LogP contribution in [0.2, 0.25) is 0 Å². The minimum Gasteiger partial charge on any atom is -0.478 e. The SMILES string of the molecule is CC1(C)CC1c1nc2cc(C(=O)O)c(F)cc2[nH]1. The summed E-state index contributed by atoms with van der Waals surface area (Å²) in [7, 11) is 0. The van der Waals surface area contributed by atoms with Gasteiger partial charge < -0.3 is 10.1 Å². The lowest BCUT2D eigenvalue weighted by atomic mass is 10.1. The molecular formula is C13H13FN2O2. The molecule has 1 heterocycles. The summed E-state index contributed by atoms with van der Waals surface area (Å²) >= 11 is 0. The predicted octanol–water partition coefficient (Wildman–Crippen LogP) is 2.91. The number of H-pyrrole nitrogens is 1. The van der Waals surface area contributed by atoms with Crippen molar-refractivity contribution in [2.75, 3.05) is 0 Å². The zero-order valence-corrected chi connectivity index (χ0v) is 10.1. The summed E-state index contributed by atoms with van der Waals surface area (Å²) in [5.41, 5.74) is 0.944. The van der Waals surface area contributed by atoms with E-state index in [4.69, 9.17) is 5.11 Å². The van der Waals surface area contributed by atoms with Crippen LogP contribution in [-0.4, -0.2) is 21.0 Å². The highest BCUT2D eigenvalue weighted by molar-refractivity contribution is 5.92. The summed E-state index contributed by atoms with van der Waals surface area (Å²) < 4.78 is 13.5. The molecule has 0 aliphatic heterocycles. The molecule has 1 aliphatic rings. The molecule has 1 aliphatic carbocycles. The van der Waals surface area contributed by atoms with E-state index in [1.807, 2.05) is 0 Å². The number of benzene rings is 1. The molecule has 0 spiro atoms. The number of carboxylic acid groups (broad SMARTS) is 1. The van der Waals surface area contributed by atoms with E-state index in [2.05, 4.69) is 23.8 Å². The molecule has 0 saturated heterocycles. The molecule has 0 bridgehead atoms. The summed E-state index contributed by atoms with van der Waals surface area (Å²) in [6, 6.07) is 2.48. The molecule has 5 heteroatoms. The molecule has 2 aromatic rings. The average Bonchev–Trinajstić information content (AvgIpc) is 2.72. The second-order valence-corrected chi connectivity index (χ2v) is 5.52. The van der Waals surface area contributed by atoms with Gasteiger partial charge in [-0.2, -0.15) is 0 Å². The Bertz CT molecular complexity index is 660. The normalized spacial score (nSPS) is 21.2. The molecule has 1 aromatic carbocycles. The zero-order chi connectivity index (χ0) is 13.1. The largest absolute Gasteiger partial charge is 0.478 e. The molecule has 1 aromatic heterocycles. The Morgan fingerprint density at radius 3 is 2.78 bits per heavy atom. The van der Waals surface area contributed by atoms with Crippen molar-refractivity contribution < 1.29 is 14.3 Å². The van der Waals surface area contributed by atoms with Crippen LogP contribution >= 0.6 is 0 Å². The van der Waals surface area contributed by atoms with Gasteiger partial charge in [-0.25, -0.2) is 14.2 Å². The number of nitrogens with one attached hydrogen (secondary N) is 1. The number of halogens is 1. The number of aromatic amines is 1. The van der Waals surface area contributed by atoms with E-state index in [1.165, 1.54) is 12.1 Å². The number of imidazole rings is 1. The van der Waals surface area contributed by atoms with Gasteiger partial charge in [-0.1, -0.05) is 13.8 Å². The maximum atomic E-state index is 13.5. The highest BCUT2D eigenvalue weighted by atomic mass is 19.1. The first kappa shape index (κ1) is 11.2. The van der Waals surface area contributed by atoms with Crippen molar-refractivity contribution in [2.45, 2.75) is 26.2 Å². The van der Waals surface area contributed by atoms with Crippen LogP contribution in [0.4, 0.5) is 4.39 Å². The van der Waals surface area contributed by atoms with Crippen LogP contribution < -0.4 is 0 Å². The van der Waals surface area contributed by atoms with Crippen LogP contribution in [-0.2, 0) is 0 Å². The third-order valence-electron chi connectivity index (χ3n) is 3.66. The number of aromatic carboxylic acids is 1. The lowest BCUT2D eigenvalue weighted by molar-refractivity contribution is 0.0692. The molecule has 94 valence electrons. The van der Waals surface area contributed by atoms with Crippen LogP contribution in [0, 0.1) is 11.2 Å². The van der Waals surface area contributed by atoms with Gasteiger partial charge >= 0.3 is 5.97 Å². The van der Waals surface area contributed by atoms with Gasteiger partial charge in [-0.05, 0) is 17.9 Å². The summed E-state index contributed by atoms with van der Waals surface area (Å²) in [5.74, 6) is -0.843. The van der Waals surface area contributed by atoms with E-state index >= 15 is 0 Å². The highest BCUT2D eigenvalue weighted by Crippen LogP contribution is 2.57. The Labute approximate surface area is 103 Å². The molecule has 18 heavy (non-hydrogen) atoms. The van der Waals surface area contributed by atoms with Crippen molar-refractivity contribution in [3.8, 4) is 0 Å². The maximum absolute atomic E-state index is 13.5. The van der Waals surface area contributed by atoms with Crippen molar-refractivity contribution in [3.63, 3.8) is 0 Å². The van der Waals surface area contributed by atoms with Gasteiger partial charge in [-0.3, -0.25) is 0 Å². The first-order valence-electron chi connectivity index (χ1n) is 5.81. The Morgan fingerprint density at radius 1 is 1.56 bits per heavy atom. The third-order valence-corrected chi connectivity index (χ3v) is 3.66. The third kappa shape index (κ3) is 1.58. The molecule has 1 atom stereocenters. The van der Waals surface area contributed by atoms with Gasteiger partial charge in [0.15, 0.2) is 0 Å². The fraction of sp³-hybridized carbons (Fsp3) is 0.385. The number of carboxylic acids is 1. The lowest BCUT2D eigenvalue weighted by Crippen LogP contribution is -1.99. The first-order chi connectivity index (χ1) is 8.38. The number of hydrogen-bond donors (Lipinski definition) is 2. The van der Waals surface area contributed by atoms with E-state index in [9.17, 15) is 9.18 Å². The van der Waals surface area contributed by atoms with Gasteiger partial charge in [0.2, 0.25) is 0 Å². The van der Waals surface area contributed by atoms with Gasteiger partial charge in [0.1, 0.15) is 11.6 Å². The van der Waals surface area contributed by atoms with Crippen molar-refractivity contribution in [2.24, 2.45) is 5.41 Å². The molecule has 4 nitrogen and oxygen atoms in total. The van der Waals surface area contributed by atoms with Crippen LogP contribution in [0.15, 0.2) is 12.1 Å². The monoisotopic (exact) mass is 248 g/mol. The number of fused-ring (bicyclic) bond motifs is 1. The fourth-order valence-corrected chi connectivity index (χ4v) is 2.31. The first-order valence-corrected chi connectivity index (χ1v) is 5.81. The molecular weight excluding hydrogens is 235 g/mol. The molecule has 1 saturated carbocycles. The molecule has 2 N–H and O–H groups in total. The summed E-state index contributed by atoms with van der Waals surface area (Å²) in [6.07, 6.45) is 1.04. The standard InChI is InChI=1S/C13H13FN2O2/c1-13(2)5-7(13)11-15-9-3-6(12(17)18)8(14)4-10(9)16-11/h3-4,7H,5H2,1-2H3,(H,15,16)(H,17,18). The fourth-order valence-electron chi connectivity index (χ4n) is 2.31. The Kier molecular flexibility index (Phi) is 2.06. The maximum Gasteiger partial charge on any atom is 0.338 e. The Hall–Kier alpha value is -1.91. The minimum atomic E-state index is -1.27. The van der Waals surface area contributed by atoms with Gasteiger partial charge in [-0.15, -0.1) is 0 Å². The van der Waals surface area contributed by atoms with E-state index in [-0.39, 0.29) is 11.0 Å². The lowest BCUT2D eigenvalue weighted by Gasteiger charge is -1.97. The molecule has 3 rings (SSSR count). The summed E-state index contributed by atoms with van der Waals surface area (Å²) in [4.78, 5) is 18.3. The van der Waals surface area contributed by atoms with Crippen molar-refractivity contribution in [1.82, 2.24) is 9.97 Å². The topological polar surface area (TPSA) is 66.0 Å².